The molecule has 32 heavy (non-hydrogen) atoms. The Bertz CT molecular complexity index is 1370. The molecule has 8 heteroatoms. The van der Waals surface area contributed by atoms with Crippen LogP contribution in [0.5, 0.6) is 0 Å². The second kappa shape index (κ2) is 7.79. The molecule has 2 aliphatic heterocycles. The van der Waals surface area contributed by atoms with Crippen LogP contribution in [0.4, 0.5) is 5.13 Å². The van der Waals surface area contributed by atoms with E-state index in [2.05, 4.69) is 4.98 Å². The Labute approximate surface area is 188 Å². The number of carbonyl (C=O) groups excluding carboxylic acids is 1. The molecule has 0 saturated carbocycles. The second-order valence-corrected chi connectivity index (χ2v) is 9.34. The van der Waals surface area contributed by atoms with Crippen molar-refractivity contribution >= 4 is 43.5 Å². The summed E-state index contributed by atoms with van der Waals surface area (Å²) in [4.78, 5) is 37.6. The van der Waals surface area contributed by atoms with Crippen LogP contribution in [0.25, 0.3) is 21.1 Å². The lowest BCUT2D eigenvalue weighted by Crippen LogP contribution is -2.37. The van der Waals surface area contributed by atoms with Crippen molar-refractivity contribution in [2.45, 2.75) is 38.3 Å². The Morgan fingerprint density at radius 1 is 1.16 bits per heavy atom. The number of hydrogen-bond acceptors (Lipinski definition) is 6. The first kappa shape index (κ1) is 19.6. The Hall–Kier alpha value is -3.10. The number of benzene rings is 2. The molecule has 1 unspecified atom stereocenters. The summed E-state index contributed by atoms with van der Waals surface area (Å²) in [6.07, 6.45) is 3.65. The van der Waals surface area contributed by atoms with Crippen molar-refractivity contribution in [1.29, 1.82) is 0 Å². The highest BCUT2D eigenvalue weighted by Crippen LogP contribution is 2.31. The van der Waals surface area contributed by atoms with Gasteiger partial charge in [0.15, 0.2) is 5.13 Å². The van der Waals surface area contributed by atoms with E-state index in [1.54, 1.807) is 27.7 Å². The first-order valence-corrected chi connectivity index (χ1v) is 11.8. The lowest BCUT2D eigenvalue weighted by molar-refractivity contribution is 0.0917. The number of hydrogen-bond donors (Lipinski definition) is 0. The zero-order valence-corrected chi connectivity index (χ0v) is 18.3. The van der Waals surface area contributed by atoms with E-state index < -0.39 is 0 Å². The molecule has 1 amide bonds. The molecule has 4 aromatic rings. The summed E-state index contributed by atoms with van der Waals surface area (Å²) in [5.41, 5.74) is 1.94. The molecule has 0 aliphatic carbocycles. The van der Waals surface area contributed by atoms with E-state index in [-0.39, 0.29) is 17.6 Å². The van der Waals surface area contributed by atoms with Crippen LogP contribution in [0.2, 0.25) is 0 Å². The molecule has 2 aliphatic rings. The molecule has 4 heterocycles. The van der Waals surface area contributed by atoms with Gasteiger partial charge in [-0.05, 0) is 49.6 Å². The van der Waals surface area contributed by atoms with Crippen LogP contribution in [-0.2, 0) is 17.7 Å². The number of carbonyl (C=O) groups is 1. The van der Waals surface area contributed by atoms with E-state index in [9.17, 15) is 9.59 Å². The maximum Gasteiger partial charge on any atom is 0.261 e. The summed E-state index contributed by atoms with van der Waals surface area (Å²) in [5.74, 6) is 0.651. The summed E-state index contributed by atoms with van der Waals surface area (Å²) in [6, 6.07) is 13.1. The molecular formula is C24H22N4O3S. The second-order valence-electron chi connectivity index (χ2n) is 8.34. The fourth-order valence-electron chi connectivity index (χ4n) is 4.59. The predicted molar refractivity (Wildman–Crippen MR) is 125 cm³/mol. The van der Waals surface area contributed by atoms with Crippen molar-refractivity contribution in [2.75, 3.05) is 18.1 Å². The molecule has 0 bridgehead atoms. The Morgan fingerprint density at radius 3 is 2.91 bits per heavy atom. The third kappa shape index (κ3) is 3.30. The summed E-state index contributed by atoms with van der Waals surface area (Å²) < 4.78 is 8.61. The largest absolute Gasteiger partial charge is 0.376 e. The zero-order chi connectivity index (χ0) is 21.7. The highest BCUT2D eigenvalue weighted by Gasteiger charge is 2.27. The predicted octanol–water partition coefficient (Wildman–Crippen LogP) is 3.78. The standard InChI is InChI=1S/C24H22N4O3S/c29-22(15-9-10-17-19(13-15)25-21-8-3-11-27(21)23(17)30)28(14-16-5-4-12-31-16)24-26-18-6-1-2-7-20(18)32-24/h1-2,6-7,9-10,13,16H,3-5,8,11-12,14H2. The SMILES string of the molecule is O=C(c1ccc2c(=O)n3c(nc2c1)CCC3)N(CC1CCCO1)c1nc2ccccc2s1. The molecule has 2 aromatic carbocycles. The molecule has 162 valence electrons. The molecular weight excluding hydrogens is 424 g/mol. The van der Waals surface area contributed by atoms with Crippen LogP contribution in [0.3, 0.4) is 0 Å². The van der Waals surface area contributed by atoms with E-state index in [0.29, 0.717) is 34.7 Å². The van der Waals surface area contributed by atoms with Crippen molar-refractivity contribution in [3.63, 3.8) is 0 Å². The van der Waals surface area contributed by atoms with Crippen molar-refractivity contribution in [2.24, 2.45) is 0 Å². The van der Waals surface area contributed by atoms with E-state index in [0.717, 1.165) is 48.3 Å². The topological polar surface area (TPSA) is 77.3 Å². The van der Waals surface area contributed by atoms with Gasteiger partial charge in [0, 0.05) is 25.1 Å². The summed E-state index contributed by atoms with van der Waals surface area (Å²) in [5, 5.41) is 1.21. The number of ether oxygens (including phenoxy) is 1. The molecule has 1 saturated heterocycles. The van der Waals surface area contributed by atoms with Crippen LogP contribution in [-0.4, -0.2) is 39.7 Å². The summed E-state index contributed by atoms with van der Waals surface area (Å²) in [7, 11) is 0. The van der Waals surface area contributed by atoms with E-state index >= 15 is 0 Å². The average molecular weight is 447 g/mol. The van der Waals surface area contributed by atoms with Gasteiger partial charge in [-0.2, -0.15) is 0 Å². The lowest BCUT2D eigenvalue weighted by atomic mass is 10.1. The molecule has 7 nitrogen and oxygen atoms in total. The molecule has 0 N–H and O–H groups in total. The number of rotatable bonds is 4. The van der Waals surface area contributed by atoms with Gasteiger partial charge in [-0.25, -0.2) is 9.97 Å². The fourth-order valence-corrected chi connectivity index (χ4v) is 5.56. The first-order valence-electron chi connectivity index (χ1n) is 11.0. The number of para-hydroxylation sites is 1. The maximum absolute atomic E-state index is 13.7. The van der Waals surface area contributed by atoms with Gasteiger partial charge in [-0.15, -0.1) is 0 Å². The van der Waals surface area contributed by atoms with Crippen molar-refractivity contribution < 1.29 is 9.53 Å². The van der Waals surface area contributed by atoms with Crippen LogP contribution < -0.4 is 10.5 Å². The quantitative estimate of drug-likeness (QED) is 0.477. The van der Waals surface area contributed by atoms with Gasteiger partial charge < -0.3 is 4.74 Å². The number of nitrogens with zero attached hydrogens (tertiary/aromatic N) is 4. The number of aromatic nitrogens is 3. The third-order valence-electron chi connectivity index (χ3n) is 6.23. The molecule has 1 atom stereocenters. The van der Waals surface area contributed by atoms with Gasteiger partial charge in [0.2, 0.25) is 0 Å². The third-order valence-corrected chi connectivity index (χ3v) is 7.29. The molecule has 2 aromatic heterocycles. The summed E-state index contributed by atoms with van der Waals surface area (Å²) in [6.45, 7) is 1.89. The molecule has 6 rings (SSSR count). The Balaban J connectivity index is 1.41. The number of amides is 1. The molecule has 0 radical (unpaired) electrons. The Kier molecular flexibility index (Phi) is 4.77. The van der Waals surface area contributed by atoms with E-state index in [1.807, 2.05) is 24.3 Å². The fraction of sp³-hybridized carbons (Fsp3) is 0.333. The zero-order valence-electron chi connectivity index (χ0n) is 17.5. The summed E-state index contributed by atoms with van der Waals surface area (Å²) >= 11 is 1.50. The van der Waals surface area contributed by atoms with Crippen LogP contribution in [0.15, 0.2) is 47.3 Å². The van der Waals surface area contributed by atoms with Gasteiger partial charge in [-0.3, -0.25) is 19.1 Å². The van der Waals surface area contributed by atoms with Gasteiger partial charge in [0.1, 0.15) is 5.82 Å². The number of anilines is 1. The van der Waals surface area contributed by atoms with Crippen LogP contribution in [0.1, 0.15) is 35.4 Å². The normalized spacial score (nSPS) is 17.8. The molecule has 0 spiro atoms. The first-order chi connectivity index (χ1) is 15.7. The van der Waals surface area contributed by atoms with Crippen molar-refractivity contribution in [1.82, 2.24) is 14.5 Å². The maximum atomic E-state index is 13.7. The van der Waals surface area contributed by atoms with Crippen LogP contribution >= 0.6 is 11.3 Å². The van der Waals surface area contributed by atoms with Crippen molar-refractivity contribution in [3.8, 4) is 0 Å². The van der Waals surface area contributed by atoms with Gasteiger partial charge in [0.05, 0.1) is 33.8 Å². The van der Waals surface area contributed by atoms with Crippen molar-refractivity contribution in [3.05, 3.63) is 64.2 Å². The minimum atomic E-state index is -0.149. The highest BCUT2D eigenvalue weighted by molar-refractivity contribution is 7.22. The number of aryl methyl sites for hydroxylation is 1. The monoisotopic (exact) mass is 446 g/mol. The number of fused-ring (bicyclic) bond motifs is 3. The highest BCUT2D eigenvalue weighted by atomic mass is 32.1. The van der Waals surface area contributed by atoms with Gasteiger partial charge in [-0.1, -0.05) is 23.5 Å². The minimum Gasteiger partial charge on any atom is -0.376 e. The lowest BCUT2D eigenvalue weighted by Gasteiger charge is -2.23. The van der Waals surface area contributed by atoms with E-state index in [1.165, 1.54) is 11.3 Å². The Morgan fingerprint density at radius 2 is 2.06 bits per heavy atom. The van der Waals surface area contributed by atoms with Crippen LogP contribution in [0, 0.1) is 0 Å². The van der Waals surface area contributed by atoms with Gasteiger partial charge >= 0.3 is 0 Å². The average Bonchev–Trinajstić information content (AvgIpc) is 3.57. The smallest absolute Gasteiger partial charge is 0.261 e. The van der Waals surface area contributed by atoms with Gasteiger partial charge in [0.25, 0.3) is 11.5 Å². The minimum absolute atomic E-state index is 0.00235. The molecule has 1 fully saturated rings. The van der Waals surface area contributed by atoms with E-state index in [4.69, 9.17) is 9.72 Å². The number of thiazole rings is 1.